The molecule has 2 aromatic rings. The van der Waals surface area contributed by atoms with Gasteiger partial charge in [0.1, 0.15) is 24.7 Å². The summed E-state index contributed by atoms with van der Waals surface area (Å²) in [5.41, 5.74) is 0.884. The third kappa shape index (κ3) is 6.60. The summed E-state index contributed by atoms with van der Waals surface area (Å²) in [6, 6.07) is 17.2. The Labute approximate surface area is 143 Å². The maximum Gasteiger partial charge on any atom is 0.239 e. The molecule has 0 aliphatic carbocycles. The molecule has 2 rings (SSSR count). The lowest BCUT2D eigenvalue weighted by Gasteiger charge is -2.10. The maximum atomic E-state index is 11.5. The Bertz CT molecular complexity index is 600. The fourth-order valence-corrected chi connectivity index (χ4v) is 2.01. The number of rotatable bonds is 10. The van der Waals surface area contributed by atoms with Crippen molar-refractivity contribution in [1.82, 2.24) is 5.32 Å². The molecule has 0 atom stereocenters. The average molecular weight is 328 g/mol. The number of ether oxygens (including phenoxy) is 2. The first kappa shape index (κ1) is 17.7. The highest BCUT2D eigenvalue weighted by molar-refractivity contribution is 5.80. The summed E-state index contributed by atoms with van der Waals surface area (Å²) in [4.78, 5) is 11.5. The van der Waals surface area contributed by atoms with Crippen molar-refractivity contribution in [3.05, 3.63) is 54.6 Å². The summed E-state index contributed by atoms with van der Waals surface area (Å²) < 4.78 is 11.2. The van der Waals surface area contributed by atoms with Crippen LogP contribution >= 0.6 is 0 Å². The van der Waals surface area contributed by atoms with Gasteiger partial charge in [-0.3, -0.25) is 4.79 Å². The van der Waals surface area contributed by atoms with Crippen LogP contribution in [0.2, 0.25) is 0 Å². The molecule has 0 radical (unpaired) electrons. The van der Waals surface area contributed by atoms with Crippen molar-refractivity contribution in [1.29, 1.82) is 0 Å². The van der Waals surface area contributed by atoms with E-state index in [1.165, 1.54) is 0 Å². The molecule has 24 heavy (non-hydrogen) atoms. The van der Waals surface area contributed by atoms with Crippen LogP contribution in [0.15, 0.2) is 54.6 Å². The molecule has 1 amide bonds. The summed E-state index contributed by atoms with van der Waals surface area (Å²) >= 11 is 0. The summed E-state index contributed by atoms with van der Waals surface area (Å²) in [6.07, 6.45) is 0.936. The number of amides is 1. The maximum absolute atomic E-state index is 11.5. The van der Waals surface area contributed by atoms with Crippen LogP contribution in [0.3, 0.4) is 0 Å². The van der Waals surface area contributed by atoms with Crippen LogP contribution < -0.4 is 20.1 Å². The van der Waals surface area contributed by atoms with E-state index in [-0.39, 0.29) is 12.5 Å². The predicted octanol–water partition coefficient (Wildman–Crippen LogP) is 3.08. The second-order valence-corrected chi connectivity index (χ2v) is 5.24. The second kappa shape index (κ2) is 10.2. The monoisotopic (exact) mass is 328 g/mol. The highest BCUT2D eigenvalue weighted by atomic mass is 16.5. The SMILES string of the molecule is CCCNC(=O)CNc1ccc(OCCOc2ccccc2)cc1. The van der Waals surface area contributed by atoms with Crippen LogP contribution in [0.5, 0.6) is 11.5 Å². The third-order valence-electron chi connectivity index (χ3n) is 3.24. The molecule has 0 aromatic heterocycles. The van der Waals surface area contributed by atoms with E-state index in [0.29, 0.717) is 19.8 Å². The van der Waals surface area contributed by atoms with Gasteiger partial charge in [-0.15, -0.1) is 0 Å². The number of carbonyl (C=O) groups is 1. The molecule has 0 saturated carbocycles. The van der Waals surface area contributed by atoms with Gasteiger partial charge in [0, 0.05) is 12.2 Å². The lowest BCUT2D eigenvalue weighted by molar-refractivity contribution is -0.119. The fourth-order valence-electron chi connectivity index (χ4n) is 2.01. The van der Waals surface area contributed by atoms with Crippen molar-refractivity contribution in [3.8, 4) is 11.5 Å². The van der Waals surface area contributed by atoms with Gasteiger partial charge >= 0.3 is 0 Å². The number of para-hydroxylation sites is 1. The molecule has 0 bridgehead atoms. The molecule has 0 fully saturated rings. The molecule has 0 heterocycles. The molecule has 0 unspecified atom stereocenters. The topological polar surface area (TPSA) is 59.6 Å². The number of hydrogen-bond donors (Lipinski definition) is 2. The van der Waals surface area contributed by atoms with E-state index in [9.17, 15) is 4.79 Å². The molecule has 0 saturated heterocycles. The smallest absolute Gasteiger partial charge is 0.239 e. The second-order valence-electron chi connectivity index (χ2n) is 5.24. The summed E-state index contributed by atoms with van der Waals surface area (Å²) in [5, 5.41) is 5.90. The first-order chi connectivity index (χ1) is 11.8. The van der Waals surface area contributed by atoms with Gasteiger partial charge in [0.25, 0.3) is 0 Å². The van der Waals surface area contributed by atoms with Crippen LogP contribution in [0.1, 0.15) is 13.3 Å². The average Bonchev–Trinajstić information content (AvgIpc) is 2.63. The Morgan fingerprint density at radius 3 is 2.17 bits per heavy atom. The first-order valence-electron chi connectivity index (χ1n) is 8.19. The van der Waals surface area contributed by atoms with Gasteiger partial charge in [-0.2, -0.15) is 0 Å². The van der Waals surface area contributed by atoms with E-state index in [2.05, 4.69) is 10.6 Å². The minimum absolute atomic E-state index is 0.00441. The molecule has 2 N–H and O–H groups in total. The number of hydrogen-bond acceptors (Lipinski definition) is 4. The van der Waals surface area contributed by atoms with Gasteiger partial charge in [0.15, 0.2) is 0 Å². The molecule has 2 aromatic carbocycles. The van der Waals surface area contributed by atoms with E-state index in [4.69, 9.17) is 9.47 Å². The Kier molecular flexibility index (Phi) is 7.47. The molecule has 0 spiro atoms. The molecule has 5 heteroatoms. The zero-order valence-corrected chi connectivity index (χ0v) is 14.0. The Balaban J connectivity index is 1.65. The third-order valence-corrected chi connectivity index (χ3v) is 3.24. The van der Waals surface area contributed by atoms with Crippen molar-refractivity contribution in [3.63, 3.8) is 0 Å². The highest BCUT2D eigenvalue weighted by Gasteiger charge is 2.00. The van der Waals surface area contributed by atoms with E-state index in [1.807, 2.05) is 61.5 Å². The van der Waals surface area contributed by atoms with Crippen LogP contribution in [0.4, 0.5) is 5.69 Å². The molecule has 5 nitrogen and oxygen atoms in total. The normalized spacial score (nSPS) is 10.0. The Morgan fingerprint density at radius 2 is 1.54 bits per heavy atom. The van der Waals surface area contributed by atoms with Crippen molar-refractivity contribution in [2.45, 2.75) is 13.3 Å². The van der Waals surface area contributed by atoms with Gasteiger partial charge in [-0.25, -0.2) is 0 Å². The number of anilines is 1. The van der Waals surface area contributed by atoms with Crippen LogP contribution in [-0.2, 0) is 4.79 Å². The Hall–Kier alpha value is -2.69. The lowest BCUT2D eigenvalue weighted by atomic mass is 10.3. The van der Waals surface area contributed by atoms with Crippen molar-refractivity contribution < 1.29 is 14.3 Å². The summed E-state index contributed by atoms with van der Waals surface area (Å²) in [5.74, 6) is 1.60. The van der Waals surface area contributed by atoms with E-state index in [1.54, 1.807) is 0 Å². The zero-order chi connectivity index (χ0) is 17.0. The van der Waals surface area contributed by atoms with Crippen molar-refractivity contribution in [2.24, 2.45) is 0 Å². The van der Waals surface area contributed by atoms with Crippen molar-refractivity contribution in [2.75, 3.05) is 31.6 Å². The van der Waals surface area contributed by atoms with Crippen molar-refractivity contribution >= 4 is 11.6 Å². The minimum Gasteiger partial charge on any atom is -0.490 e. The van der Waals surface area contributed by atoms with Crippen LogP contribution in [0, 0.1) is 0 Å². The molecule has 0 aliphatic rings. The fraction of sp³-hybridized carbons (Fsp3) is 0.316. The molecular formula is C19H24N2O3. The number of carbonyl (C=O) groups excluding carboxylic acids is 1. The van der Waals surface area contributed by atoms with Crippen LogP contribution in [0.25, 0.3) is 0 Å². The van der Waals surface area contributed by atoms with Crippen LogP contribution in [-0.4, -0.2) is 32.2 Å². The minimum atomic E-state index is -0.00441. The first-order valence-corrected chi connectivity index (χ1v) is 8.19. The van der Waals surface area contributed by atoms with Gasteiger partial charge in [0.2, 0.25) is 5.91 Å². The Morgan fingerprint density at radius 1 is 0.917 bits per heavy atom. The van der Waals surface area contributed by atoms with Gasteiger partial charge < -0.3 is 20.1 Å². The van der Waals surface area contributed by atoms with Gasteiger partial charge in [0.05, 0.1) is 6.54 Å². The quantitative estimate of drug-likeness (QED) is 0.658. The van der Waals surface area contributed by atoms with Gasteiger partial charge in [-0.05, 0) is 42.8 Å². The number of nitrogens with one attached hydrogen (secondary N) is 2. The van der Waals surface area contributed by atoms with E-state index < -0.39 is 0 Å². The molecule has 128 valence electrons. The van der Waals surface area contributed by atoms with Gasteiger partial charge in [-0.1, -0.05) is 25.1 Å². The standard InChI is InChI=1S/C19H24N2O3/c1-2-12-20-19(22)15-21-16-8-10-18(11-9-16)24-14-13-23-17-6-4-3-5-7-17/h3-11,21H,2,12-15H2,1H3,(H,20,22). The number of benzene rings is 2. The molecule has 0 aliphatic heterocycles. The van der Waals surface area contributed by atoms with E-state index in [0.717, 1.165) is 23.6 Å². The molecular weight excluding hydrogens is 304 g/mol. The zero-order valence-electron chi connectivity index (χ0n) is 14.0. The summed E-state index contributed by atoms with van der Waals surface area (Å²) in [7, 11) is 0. The lowest BCUT2D eigenvalue weighted by Crippen LogP contribution is -2.30. The highest BCUT2D eigenvalue weighted by Crippen LogP contribution is 2.15. The largest absolute Gasteiger partial charge is 0.490 e. The predicted molar refractivity (Wildman–Crippen MR) is 95.7 cm³/mol. The summed E-state index contributed by atoms with van der Waals surface area (Å²) in [6.45, 7) is 3.96. The van der Waals surface area contributed by atoms with E-state index >= 15 is 0 Å².